The Balaban J connectivity index is 1.53. The van der Waals surface area contributed by atoms with Crippen LogP contribution in [0.15, 0.2) is 41.2 Å². The number of methoxy groups -OCH3 is 1. The van der Waals surface area contributed by atoms with Gasteiger partial charge in [-0.15, -0.1) is 11.3 Å². The van der Waals surface area contributed by atoms with Gasteiger partial charge in [-0.2, -0.15) is 0 Å². The van der Waals surface area contributed by atoms with Gasteiger partial charge in [-0.05, 0) is 36.5 Å². The van der Waals surface area contributed by atoms with E-state index >= 15 is 0 Å². The number of H-pyrrole nitrogens is 2. The van der Waals surface area contributed by atoms with E-state index in [-0.39, 0.29) is 5.56 Å². The van der Waals surface area contributed by atoms with E-state index in [0.717, 1.165) is 42.1 Å². The summed E-state index contributed by atoms with van der Waals surface area (Å²) in [4.78, 5) is 22.7. The second kappa shape index (κ2) is 7.19. The minimum Gasteiger partial charge on any atom is -0.496 e. The van der Waals surface area contributed by atoms with E-state index in [4.69, 9.17) is 17.0 Å². The molecular formula is C19H19N3O2S2. The van der Waals surface area contributed by atoms with Gasteiger partial charge in [0.1, 0.15) is 5.75 Å². The Morgan fingerprint density at radius 1 is 1.23 bits per heavy atom. The molecule has 3 aromatic rings. The summed E-state index contributed by atoms with van der Waals surface area (Å²) in [5.41, 5.74) is 2.80. The molecule has 0 spiro atoms. The number of rotatable bonds is 4. The number of nitrogens with zero attached hydrogens (tertiary/aromatic N) is 1. The highest BCUT2D eigenvalue weighted by atomic mass is 32.1. The van der Waals surface area contributed by atoms with E-state index in [1.165, 1.54) is 9.75 Å². The zero-order chi connectivity index (χ0) is 18.1. The summed E-state index contributed by atoms with van der Waals surface area (Å²) in [5.74, 6) is 0.884. The van der Waals surface area contributed by atoms with Crippen LogP contribution in [0, 0.1) is 4.77 Å². The third kappa shape index (κ3) is 3.38. The standard InChI is InChI=1S/C19H19N3O2S2/c1-24-16-5-3-2-4-13(16)17-7-6-12(26-17)10-22-9-8-15-14(11-22)18(23)21-19(25)20-15/h2-7H,8-11H2,1H3,(H2,20,21,23,25). The van der Waals surface area contributed by atoms with Gasteiger partial charge in [0.25, 0.3) is 5.56 Å². The second-order valence-corrected chi connectivity index (χ2v) is 7.87. The number of fused-ring (bicyclic) bond motifs is 1. The summed E-state index contributed by atoms with van der Waals surface area (Å²) >= 11 is 6.82. The van der Waals surface area contributed by atoms with Crippen LogP contribution in [0.4, 0.5) is 0 Å². The van der Waals surface area contributed by atoms with Gasteiger partial charge in [0.15, 0.2) is 4.77 Å². The molecule has 2 aromatic heterocycles. The van der Waals surface area contributed by atoms with Crippen molar-refractivity contribution in [3.63, 3.8) is 0 Å². The zero-order valence-corrected chi connectivity index (χ0v) is 16.0. The highest BCUT2D eigenvalue weighted by molar-refractivity contribution is 7.71. The molecule has 134 valence electrons. The minimum absolute atomic E-state index is 0.0747. The quantitative estimate of drug-likeness (QED) is 0.672. The fourth-order valence-corrected chi connectivity index (χ4v) is 4.62. The molecule has 0 amide bonds. The maximum atomic E-state index is 12.2. The third-order valence-electron chi connectivity index (χ3n) is 4.60. The van der Waals surface area contributed by atoms with E-state index in [2.05, 4.69) is 33.1 Å². The number of benzene rings is 1. The molecule has 26 heavy (non-hydrogen) atoms. The van der Waals surface area contributed by atoms with Crippen molar-refractivity contribution in [1.82, 2.24) is 14.9 Å². The molecule has 0 fully saturated rings. The van der Waals surface area contributed by atoms with E-state index < -0.39 is 0 Å². The molecule has 1 aliphatic heterocycles. The third-order valence-corrected chi connectivity index (χ3v) is 5.91. The van der Waals surface area contributed by atoms with Crippen molar-refractivity contribution in [2.75, 3.05) is 13.7 Å². The monoisotopic (exact) mass is 385 g/mol. The number of aromatic amines is 2. The highest BCUT2D eigenvalue weighted by Crippen LogP contribution is 2.35. The van der Waals surface area contributed by atoms with Crippen LogP contribution in [-0.2, 0) is 19.5 Å². The maximum Gasteiger partial charge on any atom is 0.256 e. The van der Waals surface area contributed by atoms with Gasteiger partial charge in [0, 0.05) is 47.1 Å². The molecule has 7 heteroatoms. The lowest BCUT2D eigenvalue weighted by Crippen LogP contribution is -2.35. The lowest BCUT2D eigenvalue weighted by atomic mass is 10.1. The second-order valence-electron chi connectivity index (χ2n) is 6.29. The first-order chi connectivity index (χ1) is 12.6. The molecule has 1 aliphatic rings. The Kier molecular flexibility index (Phi) is 4.76. The number of nitrogens with one attached hydrogen (secondary N) is 2. The van der Waals surface area contributed by atoms with Crippen molar-refractivity contribution in [2.45, 2.75) is 19.5 Å². The summed E-state index contributed by atoms with van der Waals surface area (Å²) < 4.78 is 5.87. The molecule has 0 saturated carbocycles. The first-order valence-corrected chi connectivity index (χ1v) is 9.65. The van der Waals surface area contributed by atoms with Crippen molar-refractivity contribution < 1.29 is 4.74 Å². The molecule has 0 bridgehead atoms. The van der Waals surface area contributed by atoms with Crippen LogP contribution in [0.5, 0.6) is 5.75 Å². The molecule has 3 heterocycles. The highest BCUT2D eigenvalue weighted by Gasteiger charge is 2.20. The summed E-state index contributed by atoms with van der Waals surface area (Å²) in [6.07, 6.45) is 0.813. The molecule has 0 unspecified atom stereocenters. The molecule has 0 saturated heterocycles. The normalized spacial score (nSPS) is 14.2. The van der Waals surface area contributed by atoms with Crippen LogP contribution in [0.1, 0.15) is 16.1 Å². The average Bonchev–Trinajstić information content (AvgIpc) is 3.10. The lowest BCUT2D eigenvalue weighted by Gasteiger charge is -2.27. The van der Waals surface area contributed by atoms with Gasteiger partial charge >= 0.3 is 0 Å². The van der Waals surface area contributed by atoms with Crippen LogP contribution in [0.2, 0.25) is 0 Å². The fourth-order valence-electron chi connectivity index (χ4n) is 3.32. The van der Waals surface area contributed by atoms with Gasteiger partial charge < -0.3 is 9.72 Å². The van der Waals surface area contributed by atoms with E-state index in [1.807, 2.05) is 18.2 Å². The molecule has 5 nitrogen and oxygen atoms in total. The van der Waals surface area contributed by atoms with E-state index in [0.29, 0.717) is 11.3 Å². The molecule has 0 aliphatic carbocycles. The fraction of sp³-hybridized carbons (Fsp3) is 0.263. The molecule has 0 atom stereocenters. The van der Waals surface area contributed by atoms with Crippen molar-refractivity contribution >= 4 is 23.6 Å². The minimum atomic E-state index is -0.0747. The SMILES string of the molecule is COc1ccccc1-c1ccc(CN2CCc3[nH]c(=S)[nH]c(=O)c3C2)s1. The Morgan fingerprint density at radius 3 is 2.92 bits per heavy atom. The number of para-hydroxylation sites is 1. The van der Waals surface area contributed by atoms with E-state index in [9.17, 15) is 4.79 Å². The molecule has 2 N–H and O–H groups in total. The van der Waals surface area contributed by atoms with Crippen molar-refractivity contribution in [1.29, 1.82) is 0 Å². The van der Waals surface area contributed by atoms with Crippen LogP contribution in [0.25, 0.3) is 10.4 Å². The van der Waals surface area contributed by atoms with Crippen molar-refractivity contribution in [2.24, 2.45) is 0 Å². The largest absolute Gasteiger partial charge is 0.496 e. The number of hydrogen-bond acceptors (Lipinski definition) is 5. The number of ether oxygens (including phenoxy) is 1. The number of hydrogen-bond donors (Lipinski definition) is 2. The topological polar surface area (TPSA) is 61.1 Å². The van der Waals surface area contributed by atoms with Crippen molar-refractivity contribution in [3.05, 3.63) is 67.7 Å². The van der Waals surface area contributed by atoms with E-state index in [1.54, 1.807) is 18.4 Å². The molecular weight excluding hydrogens is 366 g/mol. The summed E-state index contributed by atoms with van der Waals surface area (Å²) in [7, 11) is 1.70. The maximum absolute atomic E-state index is 12.2. The summed E-state index contributed by atoms with van der Waals surface area (Å²) in [6, 6.07) is 12.4. The van der Waals surface area contributed by atoms with Gasteiger partial charge in [0.2, 0.25) is 0 Å². The van der Waals surface area contributed by atoms with Crippen LogP contribution < -0.4 is 10.3 Å². The molecule has 0 radical (unpaired) electrons. The zero-order valence-electron chi connectivity index (χ0n) is 14.4. The Labute approximate surface area is 160 Å². The predicted octanol–water partition coefficient (Wildman–Crippen LogP) is 3.73. The van der Waals surface area contributed by atoms with Gasteiger partial charge in [-0.25, -0.2) is 0 Å². The van der Waals surface area contributed by atoms with Crippen LogP contribution >= 0.6 is 23.6 Å². The summed E-state index contributed by atoms with van der Waals surface area (Å²) in [6.45, 7) is 2.37. The van der Waals surface area contributed by atoms with Gasteiger partial charge in [0.05, 0.1) is 12.7 Å². The Hall–Kier alpha value is -2.22. The molecule has 4 rings (SSSR count). The number of thiophene rings is 1. The van der Waals surface area contributed by atoms with Gasteiger partial charge in [-0.1, -0.05) is 12.1 Å². The molecule has 1 aromatic carbocycles. The van der Waals surface area contributed by atoms with Gasteiger partial charge in [-0.3, -0.25) is 14.7 Å². The van der Waals surface area contributed by atoms with Crippen LogP contribution in [0.3, 0.4) is 0 Å². The summed E-state index contributed by atoms with van der Waals surface area (Å²) in [5, 5.41) is 0. The Bertz CT molecular complexity index is 1050. The number of aromatic nitrogens is 2. The predicted molar refractivity (Wildman–Crippen MR) is 106 cm³/mol. The smallest absolute Gasteiger partial charge is 0.256 e. The van der Waals surface area contributed by atoms with Crippen LogP contribution in [-0.4, -0.2) is 28.5 Å². The Morgan fingerprint density at radius 2 is 2.08 bits per heavy atom. The lowest BCUT2D eigenvalue weighted by molar-refractivity contribution is 0.243. The average molecular weight is 386 g/mol. The first kappa shape index (κ1) is 17.2. The van der Waals surface area contributed by atoms with Crippen molar-refractivity contribution in [3.8, 4) is 16.2 Å². The first-order valence-electron chi connectivity index (χ1n) is 8.43.